The Bertz CT molecular complexity index is 1170. The zero-order chi connectivity index (χ0) is 21.8. The number of tetrazole rings is 1. The van der Waals surface area contributed by atoms with Gasteiger partial charge in [-0.3, -0.25) is 4.79 Å². The molecule has 4 aromatic rings. The van der Waals surface area contributed by atoms with Crippen LogP contribution in [0.3, 0.4) is 0 Å². The highest BCUT2D eigenvalue weighted by Gasteiger charge is 2.33. The van der Waals surface area contributed by atoms with Crippen LogP contribution < -0.4 is 5.32 Å². The third kappa shape index (κ3) is 4.94. The lowest BCUT2D eigenvalue weighted by atomic mass is 10.2. The third-order valence-electron chi connectivity index (χ3n) is 4.34. The molecular weight excluding hydrogens is 411 g/mol. The standard InChI is InChI=1S/C20H16F3N7O/c21-20(22,23)17-10-11-29(26-17)16-8-6-14(7-9-16)12-24-18(31)13-30-27-19(25-28-30)15-4-2-1-3-5-15/h1-11H,12-13H2,(H,24,31). The highest BCUT2D eigenvalue weighted by molar-refractivity contribution is 5.75. The van der Waals surface area contributed by atoms with Crippen LogP contribution in [0.2, 0.25) is 0 Å². The summed E-state index contributed by atoms with van der Waals surface area (Å²) in [6.07, 6.45) is -3.25. The van der Waals surface area contributed by atoms with Gasteiger partial charge in [0, 0.05) is 18.3 Å². The Morgan fingerprint density at radius 1 is 0.968 bits per heavy atom. The van der Waals surface area contributed by atoms with Crippen LogP contribution in [0.15, 0.2) is 66.9 Å². The van der Waals surface area contributed by atoms with Crippen LogP contribution in [0.25, 0.3) is 17.1 Å². The van der Waals surface area contributed by atoms with E-state index in [0.717, 1.165) is 21.9 Å². The number of hydrogen-bond acceptors (Lipinski definition) is 5. The molecule has 31 heavy (non-hydrogen) atoms. The molecule has 11 heteroatoms. The zero-order valence-electron chi connectivity index (χ0n) is 16.0. The van der Waals surface area contributed by atoms with E-state index in [1.165, 1.54) is 11.0 Å². The van der Waals surface area contributed by atoms with Gasteiger partial charge in [-0.15, -0.1) is 10.2 Å². The van der Waals surface area contributed by atoms with E-state index in [0.29, 0.717) is 11.5 Å². The summed E-state index contributed by atoms with van der Waals surface area (Å²) >= 11 is 0. The van der Waals surface area contributed by atoms with E-state index in [4.69, 9.17) is 0 Å². The number of nitrogens with one attached hydrogen (secondary N) is 1. The summed E-state index contributed by atoms with van der Waals surface area (Å²) in [6.45, 7) is 0.150. The Labute approximate surface area is 174 Å². The molecule has 0 aliphatic heterocycles. The molecule has 0 fully saturated rings. The first-order chi connectivity index (χ1) is 14.9. The van der Waals surface area contributed by atoms with Crippen LogP contribution in [-0.2, 0) is 24.1 Å². The molecule has 1 amide bonds. The average Bonchev–Trinajstić information content (AvgIpc) is 3.43. The number of carbonyl (C=O) groups is 1. The van der Waals surface area contributed by atoms with E-state index in [1.54, 1.807) is 24.3 Å². The molecular formula is C20H16F3N7O. The lowest BCUT2D eigenvalue weighted by Gasteiger charge is -2.07. The van der Waals surface area contributed by atoms with Gasteiger partial charge in [0.1, 0.15) is 6.54 Å². The van der Waals surface area contributed by atoms with Crippen molar-refractivity contribution >= 4 is 5.91 Å². The monoisotopic (exact) mass is 427 g/mol. The smallest absolute Gasteiger partial charge is 0.350 e. The summed E-state index contributed by atoms with van der Waals surface area (Å²) in [5.41, 5.74) is 1.09. The number of halogens is 3. The van der Waals surface area contributed by atoms with Gasteiger partial charge in [0.25, 0.3) is 0 Å². The largest absolute Gasteiger partial charge is 0.435 e. The molecule has 0 atom stereocenters. The van der Waals surface area contributed by atoms with Gasteiger partial charge in [-0.25, -0.2) is 4.68 Å². The molecule has 0 aliphatic rings. The Morgan fingerprint density at radius 3 is 2.39 bits per heavy atom. The fourth-order valence-electron chi connectivity index (χ4n) is 2.78. The molecule has 8 nitrogen and oxygen atoms in total. The van der Waals surface area contributed by atoms with Crippen molar-refractivity contribution < 1.29 is 18.0 Å². The van der Waals surface area contributed by atoms with Crippen molar-refractivity contribution in [2.75, 3.05) is 0 Å². The molecule has 4 rings (SSSR count). The number of carbonyl (C=O) groups excluding carboxylic acids is 1. The van der Waals surface area contributed by atoms with E-state index in [1.807, 2.05) is 30.3 Å². The third-order valence-corrected chi connectivity index (χ3v) is 4.34. The maximum atomic E-state index is 12.7. The number of nitrogens with zero attached hydrogens (tertiary/aromatic N) is 6. The summed E-state index contributed by atoms with van der Waals surface area (Å²) < 4.78 is 39.2. The molecule has 0 bridgehead atoms. The molecule has 2 aromatic heterocycles. The Morgan fingerprint density at radius 2 is 1.71 bits per heavy atom. The van der Waals surface area contributed by atoms with E-state index >= 15 is 0 Å². The maximum absolute atomic E-state index is 12.7. The maximum Gasteiger partial charge on any atom is 0.435 e. The first-order valence-corrected chi connectivity index (χ1v) is 9.20. The number of amides is 1. The van der Waals surface area contributed by atoms with Crippen LogP contribution in [0.5, 0.6) is 0 Å². The molecule has 0 unspecified atom stereocenters. The number of hydrogen-bond donors (Lipinski definition) is 1. The van der Waals surface area contributed by atoms with Crippen LogP contribution >= 0.6 is 0 Å². The topological polar surface area (TPSA) is 90.5 Å². The summed E-state index contributed by atoms with van der Waals surface area (Å²) in [7, 11) is 0. The highest BCUT2D eigenvalue weighted by Crippen LogP contribution is 2.27. The van der Waals surface area contributed by atoms with Gasteiger partial charge < -0.3 is 5.32 Å². The second kappa shape index (κ2) is 8.38. The minimum absolute atomic E-state index is 0.0918. The SMILES string of the molecule is O=C(Cn1nnc(-c2ccccc2)n1)NCc1ccc(-n2ccc(C(F)(F)F)n2)cc1. The van der Waals surface area contributed by atoms with Crippen molar-refractivity contribution in [3.05, 3.63) is 78.1 Å². The van der Waals surface area contributed by atoms with Crippen molar-refractivity contribution in [2.24, 2.45) is 0 Å². The van der Waals surface area contributed by atoms with Gasteiger partial charge >= 0.3 is 6.18 Å². The normalized spacial score (nSPS) is 11.5. The minimum Gasteiger partial charge on any atom is -0.350 e. The summed E-state index contributed by atoms with van der Waals surface area (Å²) in [5.74, 6) is 0.124. The quantitative estimate of drug-likeness (QED) is 0.511. The van der Waals surface area contributed by atoms with E-state index in [-0.39, 0.29) is 19.0 Å². The highest BCUT2D eigenvalue weighted by atomic mass is 19.4. The van der Waals surface area contributed by atoms with Crippen molar-refractivity contribution in [3.8, 4) is 17.1 Å². The molecule has 2 aromatic carbocycles. The molecule has 0 saturated heterocycles. The summed E-state index contributed by atoms with van der Waals surface area (Å²) in [6, 6.07) is 16.8. The summed E-state index contributed by atoms with van der Waals surface area (Å²) in [5, 5.41) is 18.3. The lowest BCUT2D eigenvalue weighted by Crippen LogP contribution is -2.28. The zero-order valence-corrected chi connectivity index (χ0v) is 16.0. The molecule has 0 radical (unpaired) electrons. The number of benzene rings is 2. The van der Waals surface area contributed by atoms with Gasteiger partial charge in [-0.1, -0.05) is 42.5 Å². The van der Waals surface area contributed by atoms with Crippen molar-refractivity contribution in [1.29, 1.82) is 0 Å². The van der Waals surface area contributed by atoms with Crippen LogP contribution in [0.1, 0.15) is 11.3 Å². The minimum atomic E-state index is -4.49. The Kier molecular flexibility index (Phi) is 5.48. The van der Waals surface area contributed by atoms with E-state index in [2.05, 4.69) is 25.8 Å². The molecule has 0 spiro atoms. The van der Waals surface area contributed by atoms with Gasteiger partial charge in [0.2, 0.25) is 11.7 Å². The predicted molar refractivity (Wildman–Crippen MR) is 104 cm³/mol. The van der Waals surface area contributed by atoms with Gasteiger partial charge in [0.15, 0.2) is 5.69 Å². The van der Waals surface area contributed by atoms with Crippen LogP contribution in [0, 0.1) is 0 Å². The van der Waals surface area contributed by atoms with E-state index in [9.17, 15) is 18.0 Å². The fourth-order valence-corrected chi connectivity index (χ4v) is 2.78. The summed E-state index contributed by atoms with van der Waals surface area (Å²) in [4.78, 5) is 13.4. The first-order valence-electron chi connectivity index (χ1n) is 9.20. The molecule has 0 saturated carbocycles. The van der Waals surface area contributed by atoms with Gasteiger partial charge in [0.05, 0.1) is 5.69 Å². The molecule has 158 valence electrons. The number of alkyl halides is 3. The Hall–Kier alpha value is -4.02. The number of rotatable bonds is 6. The van der Waals surface area contributed by atoms with Crippen LogP contribution in [0.4, 0.5) is 13.2 Å². The molecule has 0 aliphatic carbocycles. The first kappa shape index (κ1) is 20.3. The van der Waals surface area contributed by atoms with Crippen molar-refractivity contribution in [3.63, 3.8) is 0 Å². The predicted octanol–water partition coefficient (Wildman–Crippen LogP) is 2.86. The second-order valence-corrected chi connectivity index (χ2v) is 6.60. The average molecular weight is 427 g/mol. The molecule has 1 N–H and O–H groups in total. The van der Waals surface area contributed by atoms with Gasteiger partial charge in [-0.05, 0) is 29.0 Å². The van der Waals surface area contributed by atoms with E-state index < -0.39 is 11.9 Å². The molecule has 2 heterocycles. The second-order valence-electron chi connectivity index (χ2n) is 6.60. The van der Waals surface area contributed by atoms with Crippen molar-refractivity contribution in [2.45, 2.75) is 19.3 Å². The van der Waals surface area contributed by atoms with Crippen LogP contribution in [-0.4, -0.2) is 35.9 Å². The Balaban J connectivity index is 1.32. The van der Waals surface area contributed by atoms with Gasteiger partial charge in [-0.2, -0.15) is 23.1 Å². The number of aromatic nitrogens is 6. The fraction of sp³-hybridized carbons (Fsp3) is 0.150. The lowest BCUT2D eigenvalue weighted by molar-refractivity contribution is -0.141. The van der Waals surface area contributed by atoms with Crippen molar-refractivity contribution in [1.82, 2.24) is 35.3 Å².